The Balaban J connectivity index is 2.25. The normalized spacial score (nSPS) is 11.6. The van der Waals surface area contributed by atoms with E-state index in [4.69, 9.17) is 0 Å². The highest BCUT2D eigenvalue weighted by atomic mass is 16.5. The molecular formula is C15H16N4O3. The van der Waals surface area contributed by atoms with Crippen LogP contribution in [0.4, 0.5) is 16.2 Å². The molecule has 0 aliphatic carbocycles. The summed E-state index contributed by atoms with van der Waals surface area (Å²) in [7, 11) is 0. The van der Waals surface area contributed by atoms with E-state index in [1.165, 1.54) is 0 Å². The molecule has 1 aromatic carbocycles. The van der Waals surface area contributed by atoms with Crippen molar-refractivity contribution in [3.05, 3.63) is 34.7 Å². The van der Waals surface area contributed by atoms with Crippen LogP contribution >= 0.6 is 0 Å². The highest BCUT2D eigenvalue weighted by Crippen LogP contribution is 2.33. The summed E-state index contributed by atoms with van der Waals surface area (Å²) >= 11 is 0. The molecule has 114 valence electrons. The molecule has 3 N–H and O–H groups in total. The van der Waals surface area contributed by atoms with Gasteiger partial charge in [0.05, 0.1) is 18.0 Å². The molecule has 0 aromatic heterocycles. The second kappa shape index (κ2) is 6.18. The average molecular weight is 300 g/mol. The van der Waals surface area contributed by atoms with Crippen molar-refractivity contribution in [2.45, 2.75) is 20.8 Å². The van der Waals surface area contributed by atoms with E-state index < -0.39 is 12.0 Å². The van der Waals surface area contributed by atoms with E-state index in [-0.39, 0.29) is 18.0 Å². The van der Waals surface area contributed by atoms with Crippen molar-refractivity contribution in [3.63, 3.8) is 0 Å². The second-order valence-corrected chi connectivity index (χ2v) is 4.77. The van der Waals surface area contributed by atoms with Gasteiger partial charge in [-0.05, 0) is 44.0 Å². The maximum atomic E-state index is 12.0. The molecule has 0 radical (unpaired) electrons. The molecule has 1 aromatic rings. The molecule has 0 saturated heterocycles. The molecule has 1 aliphatic rings. The second-order valence-electron chi connectivity index (χ2n) is 4.77. The van der Waals surface area contributed by atoms with Gasteiger partial charge in [0.25, 0.3) is 5.91 Å². The molecule has 7 nitrogen and oxygen atoms in total. The number of carbonyl (C=O) groups is 2. The van der Waals surface area contributed by atoms with Crippen LogP contribution in [0, 0.1) is 25.2 Å². The van der Waals surface area contributed by atoms with Crippen molar-refractivity contribution in [1.82, 2.24) is 5.32 Å². The van der Waals surface area contributed by atoms with Gasteiger partial charge in [-0.15, -0.1) is 0 Å². The topological polar surface area (TPSA) is 103 Å². The van der Waals surface area contributed by atoms with Crippen molar-refractivity contribution in [2.75, 3.05) is 17.2 Å². The summed E-state index contributed by atoms with van der Waals surface area (Å²) in [4.78, 5) is 23.2. The lowest BCUT2D eigenvalue weighted by atomic mass is 10.1. The summed E-state index contributed by atoms with van der Waals surface area (Å²) in [6.07, 6.45) is -0.886. The van der Waals surface area contributed by atoms with Crippen LogP contribution in [0.3, 0.4) is 0 Å². The number of aryl methyl sites for hydroxylation is 2. The molecule has 0 unspecified atom stereocenters. The Morgan fingerprint density at radius 2 is 1.77 bits per heavy atom. The summed E-state index contributed by atoms with van der Waals surface area (Å²) in [5, 5.41) is 17.1. The molecule has 7 heteroatoms. The van der Waals surface area contributed by atoms with Gasteiger partial charge in [0, 0.05) is 0 Å². The number of rotatable bonds is 2. The Bertz CT molecular complexity index is 683. The number of imide groups is 1. The van der Waals surface area contributed by atoms with Gasteiger partial charge in [0.15, 0.2) is 5.57 Å². The molecule has 2 rings (SSSR count). The Hall–Kier alpha value is -3.01. The summed E-state index contributed by atoms with van der Waals surface area (Å²) in [5.41, 5.74) is 3.50. The predicted octanol–water partition coefficient (Wildman–Crippen LogP) is 2.15. The molecule has 22 heavy (non-hydrogen) atoms. The Kier molecular flexibility index (Phi) is 4.32. The maximum absolute atomic E-state index is 12.0. The third-order valence-electron chi connectivity index (χ3n) is 3.23. The van der Waals surface area contributed by atoms with Gasteiger partial charge in [-0.25, -0.2) is 4.79 Å². The zero-order valence-corrected chi connectivity index (χ0v) is 12.5. The smallest absolute Gasteiger partial charge is 0.414 e. The fourth-order valence-electron chi connectivity index (χ4n) is 1.99. The zero-order chi connectivity index (χ0) is 16.3. The highest BCUT2D eigenvalue weighted by molar-refractivity contribution is 6.06. The lowest BCUT2D eigenvalue weighted by Gasteiger charge is -2.06. The van der Waals surface area contributed by atoms with Gasteiger partial charge >= 0.3 is 6.09 Å². The maximum Gasteiger partial charge on any atom is 0.414 e. The quantitative estimate of drug-likeness (QED) is 0.571. The molecular weight excluding hydrogens is 284 g/mol. The van der Waals surface area contributed by atoms with Gasteiger partial charge < -0.3 is 15.4 Å². The first-order chi connectivity index (χ1) is 10.5. The van der Waals surface area contributed by atoms with Gasteiger partial charge in [0.2, 0.25) is 0 Å². The van der Waals surface area contributed by atoms with Crippen molar-refractivity contribution in [2.24, 2.45) is 0 Å². The largest absolute Gasteiger partial charge is 0.450 e. The van der Waals surface area contributed by atoms with Crippen LogP contribution in [0.5, 0.6) is 0 Å². The number of carbonyl (C=O) groups excluding carboxylic acids is 2. The first-order valence-corrected chi connectivity index (χ1v) is 6.74. The van der Waals surface area contributed by atoms with Crippen LogP contribution < -0.4 is 16.0 Å². The number of anilines is 2. The fraction of sp³-hybridized carbons (Fsp3) is 0.267. The third-order valence-corrected chi connectivity index (χ3v) is 3.23. The van der Waals surface area contributed by atoms with Crippen LogP contribution in [0.15, 0.2) is 23.5 Å². The SMILES string of the molecule is CCOC(=O)NC(=O)C(C#N)=C1Nc2cc(C)c(C)cc2N1. The Labute approximate surface area is 127 Å². The zero-order valence-electron chi connectivity index (χ0n) is 12.5. The van der Waals surface area contributed by atoms with E-state index in [1.807, 2.05) is 31.3 Å². The number of hydrogen-bond donors (Lipinski definition) is 3. The lowest BCUT2D eigenvalue weighted by Crippen LogP contribution is -2.33. The van der Waals surface area contributed by atoms with E-state index in [9.17, 15) is 14.9 Å². The van der Waals surface area contributed by atoms with Crippen LogP contribution in [0.1, 0.15) is 18.1 Å². The third kappa shape index (κ3) is 3.01. The van der Waals surface area contributed by atoms with E-state index in [1.54, 1.807) is 13.0 Å². The minimum atomic E-state index is -0.886. The molecule has 0 bridgehead atoms. The van der Waals surface area contributed by atoms with Crippen LogP contribution in [0.2, 0.25) is 0 Å². The number of ether oxygens (including phenoxy) is 1. The molecule has 1 aliphatic heterocycles. The number of hydrogen-bond acceptors (Lipinski definition) is 6. The van der Waals surface area contributed by atoms with E-state index in [0.29, 0.717) is 0 Å². The monoisotopic (exact) mass is 300 g/mol. The number of fused-ring (bicyclic) bond motifs is 1. The van der Waals surface area contributed by atoms with Crippen molar-refractivity contribution in [1.29, 1.82) is 5.26 Å². The van der Waals surface area contributed by atoms with E-state index in [0.717, 1.165) is 22.5 Å². The number of amides is 2. The number of nitrogens with zero attached hydrogens (tertiary/aromatic N) is 1. The molecule has 0 saturated carbocycles. The van der Waals surface area contributed by atoms with Gasteiger partial charge in [-0.2, -0.15) is 5.26 Å². The average Bonchev–Trinajstić information content (AvgIpc) is 2.82. The molecule has 0 spiro atoms. The predicted molar refractivity (Wildman–Crippen MR) is 81.0 cm³/mol. The minimum absolute atomic E-state index is 0.137. The fourth-order valence-corrected chi connectivity index (χ4v) is 1.99. The lowest BCUT2D eigenvalue weighted by molar-refractivity contribution is -0.116. The summed E-state index contributed by atoms with van der Waals surface area (Å²) < 4.78 is 4.62. The van der Waals surface area contributed by atoms with Crippen LogP contribution in [-0.2, 0) is 9.53 Å². The minimum Gasteiger partial charge on any atom is -0.450 e. The Morgan fingerprint density at radius 3 is 2.23 bits per heavy atom. The van der Waals surface area contributed by atoms with Gasteiger partial charge in [-0.1, -0.05) is 0 Å². The molecule has 2 amide bonds. The number of benzene rings is 1. The van der Waals surface area contributed by atoms with Crippen molar-refractivity contribution >= 4 is 23.4 Å². The van der Waals surface area contributed by atoms with Crippen LogP contribution in [-0.4, -0.2) is 18.6 Å². The Morgan fingerprint density at radius 1 is 1.23 bits per heavy atom. The molecule has 0 atom stereocenters. The molecule has 1 heterocycles. The van der Waals surface area contributed by atoms with Gasteiger partial charge in [0.1, 0.15) is 11.9 Å². The summed E-state index contributed by atoms with van der Waals surface area (Å²) in [6.45, 7) is 5.70. The first kappa shape index (κ1) is 15.4. The van der Waals surface area contributed by atoms with Crippen LogP contribution in [0.25, 0.3) is 0 Å². The van der Waals surface area contributed by atoms with Crippen molar-refractivity contribution in [3.8, 4) is 6.07 Å². The number of alkyl carbamates (subject to hydrolysis) is 1. The van der Waals surface area contributed by atoms with E-state index >= 15 is 0 Å². The standard InChI is InChI=1S/C15H16N4O3/c1-4-22-15(21)19-14(20)10(7-16)13-17-11-5-8(2)9(3)6-12(11)18-13/h5-6,17-18H,4H2,1-3H3,(H,19,20,21). The number of nitriles is 1. The summed E-state index contributed by atoms with van der Waals surface area (Å²) in [5.74, 6) is -0.582. The van der Waals surface area contributed by atoms with Gasteiger partial charge in [-0.3, -0.25) is 10.1 Å². The first-order valence-electron chi connectivity index (χ1n) is 6.74. The number of nitrogens with one attached hydrogen (secondary N) is 3. The van der Waals surface area contributed by atoms with E-state index in [2.05, 4.69) is 15.4 Å². The highest BCUT2D eigenvalue weighted by Gasteiger charge is 2.24. The molecule has 0 fully saturated rings. The van der Waals surface area contributed by atoms with Crippen molar-refractivity contribution < 1.29 is 14.3 Å². The summed E-state index contributed by atoms with van der Waals surface area (Å²) in [6, 6.07) is 5.63.